The summed E-state index contributed by atoms with van der Waals surface area (Å²) >= 11 is 0. The Morgan fingerprint density at radius 2 is 1.82 bits per heavy atom. The Morgan fingerprint density at radius 1 is 1.14 bits per heavy atom. The quantitative estimate of drug-likeness (QED) is 0.662. The Balaban J connectivity index is 2.29. The van der Waals surface area contributed by atoms with Gasteiger partial charge in [-0.15, -0.1) is 0 Å². The van der Waals surface area contributed by atoms with E-state index in [1.54, 1.807) is 6.92 Å². The summed E-state index contributed by atoms with van der Waals surface area (Å²) in [7, 11) is 0. The molecule has 22 heavy (non-hydrogen) atoms. The van der Waals surface area contributed by atoms with Gasteiger partial charge in [-0.2, -0.15) is 18.3 Å². The molecule has 0 bridgehead atoms. The molecule has 0 fully saturated rings. The molecule has 3 aromatic rings. The van der Waals surface area contributed by atoms with Gasteiger partial charge in [-0.1, -0.05) is 0 Å². The van der Waals surface area contributed by atoms with Gasteiger partial charge in [0, 0.05) is 12.1 Å². The minimum Gasteiger partial charge on any atom is -0.248 e. The molecule has 0 aliphatic rings. The lowest BCUT2D eigenvalue weighted by Crippen LogP contribution is -2.07. The number of aryl methyl sites for hydroxylation is 1. The highest BCUT2D eigenvalue weighted by Gasteiger charge is 2.34. The van der Waals surface area contributed by atoms with Crippen molar-refractivity contribution in [2.45, 2.75) is 19.6 Å². The maximum Gasteiger partial charge on any atom is 0.417 e. The van der Waals surface area contributed by atoms with Crippen LogP contribution in [0.5, 0.6) is 0 Å². The SMILES string of the molecule is CCn1ncc2c(C(F)(F)F)cc(-c3ccc(F)cc3)nc21. The molecular weight excluding hydrogens is 298 g/mol. The van der Waals surface area contributed by atoms with E-state index in [-0.39, 0.29) is 16.7 Å². The van der Waals surface area contributed by atoms with Crippen LogP contribution in [0.1, 0.15) is 12.5 Å². The number of fused-ring (bicyclic) bond motifs is 1. The van der Waals surface area contributed by atoms with E-state index in [4.69, 9.17) is 0 Å². The number of nitrogens with zero attached hydrogens (tertiary/aromatic N) is 3. The molecule has 0 radical (unpaired) electrons. The summed E-state index contributed by atoms with van der Waals surface area (Å²) in [6.45, 7) is 2.17. The zero-order valence-corrected chi connectivity index (χ0v) is 11.5. The minimum atomic E-state index is -4.52. The van der Waals surface area contributed by atoms with Crippen LogP contribution < -0.4 is 0 Å². The summed E-state index contributed by atoms with van der Waals surface area (Å²) in [5, 5.41) is 3.89. The molecule has 114 valence electrons. The number of aromatic nitrogens is 3. The van der Waals surface area contributed by atoms with Crippen molar-refractivity contribution in [1.82, 2.24) is 14.8 Å². The van der Waals surface area contributed by atoms with E-state index in [9.17, 15) is 17.6 Å². The van der Waals surface area contributed by atoms with Crippen molar-refractivity contribution in [3.05, 3.63) is 47.9 Å². The van der Waals surface area contributed by atoms with Gasteiger partial charge in [-0.05, 0) is 37.3 Å². The van der Waals surface area contributed by atoms with Gasteiger partial charge in [0.15, 0.2) is 5.65 Å². The summed E-state index contributed by atoms with van der Waals surface area (Å²) in [5.41, 5.74) is -0.0825. The molecule has 1 aromatic carbocycles. The molecule has 2 aromatic heterocycles. The molecule has 0 aliphatic carbocycles. The number of hydrogen-bond donors (Lipinski definition) is 0. The monoisotopic (exact) mass is 309 g/mol. The third-order valence-electron chi connectivity index (χ3n) is 3.35. The first kappa shape index (κ1) is 14.5. The number of pyridine rings is 1. The molecule has 0 amide bonds. The van der Waals surface area contributed by atoms with Crippen LogP contribution in [-0.2, 0) is 12.7 Å². The Labute approximate surface area is 123 Å². The van der Waals surface area contributed by atoms with Crippen molar-refractivity contribution in [3.8, 4) is 11.3 Å². The van der Waals surface area contributed by atoms with Crippen LogP contribution in [0.2, 0.25) is 0 Å². The molecule has 0 N–H and O–H groups in total. The van der Waals surface area contributed by atoms with Crippen LogP contribution in [0.3, 0.4) is 0 Å². The molecule has 0 unspecified atom stereocenters. The van der Waals surface area contributed by atoms with Gasteiger partial charge in [-0.25, -0.2) is 14.1 Å². The van der Waals surface area contributed by atoms with Gasteiger partial charge >= 0.3 is 6.18 Å². The molecule has 3 rings (SSSR count). The topological polar surface area (TPSA) is 30.7 Å². The third-order valence-corrected chi connectivity index (χ3v) is 3.35. The van der Waals surface area contributed by atoms with E-state index >= 15 is 0 Å². The van der Waals surface area contributed by atoms with Crippen LogP contribution in [0, 0.1) is 5.82 Å². The smallest absolute Gasteiger partial charge is 0.248 e. The molecule has 0 aliphatic heterocycles. The second-order valence-electron chi connectivity index (χ2n) is 4.76. The molecule has 7 heteroatoms. The maximum atomic E-state index is 13.3. The van der Waals surface area contributed by atoms with Crippen LogP contribution in [0.4, 0.5) is 17.6 Å². The number of halogens is 4. The normalized spacial score (nSPS) is 12.0. The molecule has 0 spiro atoms. The van der Waals surface area contributed by atoms with Gasteiger partial charge in [-0.3, -0.25) is 0 Å². The van der Waals surface area contributed by atoms with Crippen LogP contribution in [0.15, 0.2) is 36.5 Å². The van der Waals surface area contributed by atoms with E-state index in [1.165, 1.54) is 35.1 Å². The summed E-state index contributed by atoms with van der Waals surface area (Å²) in [6, 6.07) is 6.14. The first-order valence-electron chi connectivity index (χ1n) is 6.60. The van der Waals surface area contributed by atoms with Crippen molar-refractivity contribution in [2.24, 2.45) is 0 Å². The van der Waals surface area contributed by atoms with Gasteiger partial charge in [0.1, 0.15) is 5.82 Å². The third kappa shape index (κ3) is 2.43. The molecule has 0 saturated carbocycles. The molecule has 3 nitrogen and oxygen atoms in total. The predicted molar refractivity (Wildman–Crippen MR) is 73.6 cm³/mol. The fraction of sp³-hybridized carbons (Fsp3) is 0.200. The van der Waals surface area contributed by atoms with Crippen molar-refractivity contribution in [1.29, 1.82) is 0 Å². The van der Waals surface area contributed by atoms with Crippen LogP contribution in [0.25, 0.3) is 22.3 Å². The summed E-state index contributed by atoms with van der Waals surface area (Å²) in [6.07, 6.45) is -3.35. The van der Waals surface area contributed by atoms with E-state index in [0.29, 0.717) is 12.1 Å². The zero-order chi connectivity index (χ0) is 15.9. The van der Waals surface area contributed by atoms with Gasteiger partial charge in [0.05, 0.1) is 22.8 Å². The molecular formula is C15H11F4N3. The van der Waals surface area contributed by atoms with Gasteiger partial charge in [0.2, 0.25) is 0 Å². The van der Waals surface area contributed by atoms with E-state index in [2.05, 4.69) is 10.1 Å². The minimum absolute atomic E-state index is 0.0415. The number of hydrogen-bond acceptors (Lipinski definition) is 2. The molecule has 0 atom stereocenters. The fourth-order valence-electron chi connectivity index (χ4n) is 2.28. The van der Waals surface area contributed by atoms with Crippen LogP contribution in [-0.4, -0.2) is 14.8 Å². The lowest BCUT2D eigenvalue weighted by Gasteiger charge is -2.11. The predicted octanol–water partition coefficient (Wildman–Crippen LogP) is 4.28. The molecule has 0 saturated heterocycles. The van der Waals surface area contributed by atoms with E-state index in [1.807, 2.05) is 0 Å². The maximum absolute atomic E-state index is 13.3. The second kappa shape index (κ2) is 5.08. The van der Waals surface area contributed by atoms with E-state index < -0.39 is 17.6 Å². The standard InChI is InChI=1S/C15H11F4N3/c1-2-22-14-11(8-20-22)12(15(17,18)19)7-13(21-14)9-3-5-10(16)6-4-9/h3-8H,2H2,1H3. The largest absolute Gasteiger partial charge is 0.417 e. The summed E-state index contributed by atoms with van der Waals surface area (Å²) < 4.78 is 54.2. The van der Waals surface area contributed by atoms with Gasteiger partial charge in [0.25, 0.3) is 0 Å². The van der Waals surface area contributed by atoms with Crippen molar-refractivity contribution in [3.63, 3.8) is 0 Å². The first-order valence-corrected chi connectivity index (χ1v) is 6.60. The second-order valence-corrected chi connectivity index (χ2v) is 4.76. The highest BCUT2D eigenvalue weighted by atomic mass is 19.4. The van der Waals surface area contributed by atoms with Crippen molar-refractivity contribution in [2.75, 3.05) is 0 Å². The summed E-state index contributed by atoms with van der Waals surface area (Å²) in [5.74, 6) is -0.459. The van der Waals surface area contributed by atoms with Gasteiger partial charge < -0.3 is 0 Å². The average Bonchev–Trinajstić information content (AvgIpc) is 2.88. The van der Waals surface area contributed by atoms with E-state index in [0.717, 1.165) is 6.07 Å². The van der Waals surface area contributed by atoms with Crippen molar-refractivity contribution >= 4 is 11.0 Å². The Bertz CT molecular complexity index is 819. The average molecular weight is 309 g/mol. The highest BCUT2D eigenvalue weighted by molar-refractivity contribution is 5.83. The first-order chi connectivity index (χ1) is 10.4. The van der Waals surface area contributed by atoms with Crippen LogP contribution >= 0.6 is 0 Å². The van der Waals surface area contributed by atoms with Crippen molar-refractivity contribution < 1.29 is 17.6 Å². The summed E-state index contributed by atoms with van der Waals surface area (Å²) in [4.78, 5) is 4.26. The fourth-order valence-corrected chi connectivity index (χ4v) is 2.28. The number of rotatable bonds is 2. The Hall–Kier alpha value is -2.44. The lowest BCUT2D eigenvalue weighted by molar-refractivity contribution is -0.136. The molecule has 2 heterocycles. The zero-order valence-electron chi connectivity index (χ0n) is 11.5. The highest BCUT2D eigenvalue weighted by Crippen LogP contribution is 2.36. The Kier molecular flexibility index (Phi) is 3.35. The number of benzene rings is 1. The lowest BCUT2D eigenvalue weighted by atomic mass is 10.1. The number of alkyl halides is 3. The Morgan fingerprint density at radius 3 is 2.41 bits per heavy atom.